The summed E-state index contributed by atoms with van der Waals surface area (Å²) < 4.78 is 0. The zero-order valence-corrected chi connectivity index (χ0v) is 8.07. The second-order valence-electron chi connectivity index (χ2n) is 3.41. The van der Waals surface area contributed by atoms with Gasteiger partial charge in [0.15, 0.2) is 0 Å². The molecule has 1 heterocycles. The van der Waals surface area contributed by atoms with Gasteiger partial charge >= 0.3 is 0 Å². The van der Waals surface area contributed by atoms with Crippen molar-refractivity contribution in [3.05, 3.63) is 35.9 Å². The van der Waals surface area contributed by atoms with Crippen molar-refractivity contribution in [1.82, 2.24) is 10.2 Å². The molecular formula is C12H18N2O. The topological polar surface area (TPSA) is 32.3 Å². The van der Waals surface area contributed by atoms with Crippen LogP contribution in [-0.2, 0) is 0 Å². The molecule has 0 spiro atoms. The summed E-state index contributed by atoms with van der Waals surface area (Å²) in [4.78, 5) is 13.8. The molecule has 1 saturated heterocycles. The minimum atomic E-state index is 0. The molecule has 1 N–H and O–H groups in total. The summed E-state index contributed by atoms with van der Waals surface area (Å²) in [6.07, 6.45) is 0. The molecule has 1 aliphatic heterocycles. The quantitative estimate of drug-likeness (QED) is 0.752. The number of carbonyl (C=O) groups is 1. The Kier molecular flexibility index (Phi) is 4.31. The van der Waals surface area contributed by atoms with E-state index in [1.807, 2.05) is 35.2 Å². The minimum Gasteiger partial charge on any atom is -0.336 e. The first-order valence-corrected chi connectivity index (χ1v) is 4.93. The zero-order valence-electron chi connectivity index (χ0n) is 8.07. The highest BCUT2D eigenvalue weighted by molar-refractivity contribution is 5.94. The van der Waals surface area contributed by atoms with Crippen molar-refractivity contribution in [3.63, 3.8) is 0 Å². The van der Waals surface area contributed by atoms with E-state index >= 15 is 0 Å². The van der Waals surface area contributed by atoms with E-state index in [9.17, 15) is 4.79 Å². The van der Waals surface area contributed by atoms with Gasteiger partial charge in [0, 0.05) is 31.7 Å². The lowest BCUT2D eigenvalue weighted by molar-refractivity contribution is 0.0736. The van der Waals surface area contributed by atoms with E-state index in [2.05, 4.69) is 5.32 Å². The number of hydrogen-bond donors (Lipinski definition) is 1. The molecule has 0 aromatic heterocycles. The van der Waals surface area contributed by atoms with Gasteiger partial charge in [-0.3, -0.25) is 4.79 Å². The molecule has 1 fully saturated rings. The van der Waals surface area contributed by atoms with Gasteiger partial charge in [-0.2, -0.15) is 0 Å². The molecule has 0 unspecified atom stereocenters. The Hall–Kier alpha value is -1.35. The molecular weight excluding hydrogens is 188 g/mol. The van der Waals surface area contributed by atoms with Gasteiger partial charge < -0.3 is 10.2 Å². The molecule has 1 aromatic rings. The maximum Gasteiger partial charge on any atom is 0.253 e. The van der Waals surface area contributed by atoms with Crippen LogP contribution in [0.2, 0.25) is 0 Å². The largest absolute Gasteiger partial charge is 0.336 e. The molecule has 15 heavy (non-hydrogen) atoms. The normalized spacial score (nSPS) is 15.6. The molecule has 0 bridgehead atoms. The molecule has 0 saturated carbocycles. The van der Waals surface area contributed by atoms with Crippen molar-refractivity contribution in [2.45, 2.75) is 7.43 Å². The van der Waals surface area contributed by atoms with E-state index in [0.717, 1.165) is 31.7 Å². The summed E-state index contributed by atoms with van der Waals surface area (Å²) in [7, 11) is 0. The molecule has 1 amide bonds. The molecule has 3 heteroatoms. The molecule has 1 aliphatic rings. The number of nitrogens with zero attached hydrogens (tertiary/aromatic N) is 1. The molecule has 82 valence electrons. The van der Waals surface area contributed by atoms with Gasteiger partial charge in [0.1, 0.15) is 0 Å². The van der Waals surface area contributed by atoms with Gasteiger partial charge in [-0.1, -0.05) is 25.6 Å². The second kappa shape index (κ2) is 5.51. The van der Waals surface area contributed by atoms with Gasteiger partial charge in [-0.25, -0.2) is 0 Å². The SMILES string of the molecule is C.O=C(c1ccccc1)N1CCNCC1. The van der Waals surface area contributed by atoms with Gasteiger partial charge in [-0.15, -0.1) is 0 Å². The van der Waals surface area contributed by atoms with Crippen LogP contribution in [0.3, 0.4) is 0 Å². The fraction of sp³-hybridized carbons (Fsp3) is 0.417. The van der Waals surface area contributed by atoms with Crippen LogP contribution >= 0.6 is 0 Å². The summed E-state index contributed by atoms with van der Waals surface area (Å²) in [5.74, 6) is 0.145. The Labute approximate surface area is 91.1 Å². The lowest BCUT2D eigenvalue weighted by Crippen LogP contribution is -2.46. The summed E-state index contributed by atoms with van der Waals surface area (Å²) >= 11 is 0. The Morgan fingerprint density at radius 2 is 1.73 bits per heavy atom. The van der Waals surface area contributed by atoms with E-state index in [0.29, 0.717) is 0 Å². The van der Waals surface area contributed by atoms with Crippen LogP contribution in [0.1, 0.15) is 17.8 Å². The number of rotatable bonds is 1. The summed E-state index contributed by atoms with van der Waals surface area (Å²) in [6.45, 7) is 3.43. The van der Waals surface area contributed by atoms with Crippen molar-refractivity contribution >= 4 is 5.91 Å². The number of nitrogens with one attached hydrogen (secondary N) is 1. The van der Waals surface area contributed by atoms with Crippen LogP contribution < -0.4 is 5.32 Å². The maximum atomic E-state index is 11.9. The smallest absolute Gasteiger partial charge is 0.253 e. The highest BCUT2D eigenvalue weighted by atomic mass is 16.2. The maximum absolute atomic E-state index is 11.9. The van der Waals surface area contributed by atoms with Crippen molar-refractivity contribution in [2.24, 2.45) is 0 Å². The summed E-state index contributed by atoms with van der Waals surface area (Å²) in [5, 5.41) is 3.23. The summed E-state index contributed by atoms with van der Waals surface area (Å²) in [6, 6.07) is 9.45. The first kappa shape index (κ1) is 11.7. The Morgan fingerprint density at radius 1 is 1.13 bits per heavy atom. The van der Waals surface area contributed by atoms with Crippen LogP contribution in [-0.4, -0.2) is 37.0 Å². The molecule has 0 radical (unpaired) electrons. The number of benzene rings is 1. The lowest BCUT2D eigenvalue weighted by atomic mass is 10.2. The Balaban J connectivity index is 0.00000112. The Morgan fingerprint density at radius 3 is 2.33 bits per heavy atom. The zero-order chi connectivity index (χ0) is 9.80. The van der Waals surface area contributed by atoms with E-state index in [-0.39, 0.29) is 13.3 Å². The number of hydrogen-bond acceptors (Lipinski definition) is 2. The molecule has 2 rings (SSSR count). The fourth-order valence-corrected chi connectivity index (χ4v) is 1.63. The van der Waals surface area contributed by atoms with Gasteiger partial charge in [0.2, 0.25) is 0 Å². The minimum absolute atomic E-state index is 0. The third kappa shape index (κ3) is 2.80. The average molecular weight is 206 g/mol. The van der Waals surface area contributed by atoms with Crippen molar-refractivity contribution in [1.29, 1.82) is 0 Å². The predicted molar refractivity (Wildman–Crippen MR) is 61.9 cm³/mol. The molecule has 0 aliphatic carbocycles. The third-order valence-electron chi connectivity index (χ3n) is 2.42. The highest BCUT2D eigenvalue weighted by Crippen LogP contribution is 2.05. The van der Waals surface area contributed by atoms with Crippen LogP contribution in [0, 0.1) is 0 Å². The van der Waals surface area contributed by atoms with E-state index < -0.39 is 0 Å². The third-order valence-corrected chi connectivity index (χ3v) is 2.42. The second-order valence-corrected chi connectivity index (χ2v) is 3.41. The molecule has 3 nitrogen and oxygen atoms in total. The first-order chi connectivity index (χ1) is 6.88. The van der Waals surface area contributed by atoms with Crippen LogP contribution in [0.15, 0.2) is 30.3 Å². The van der Waals surface area contributed by atoms with Crippen LogP contribution in [0.25, 0.3) is 0 Å². The monoisotopic (exact) mass is 206 g/mol. The van der Waals surface area contributed by atoms with E-state index in [1.54, 1.807) is 0 Å². The number of carbonyl (C=O) groups excluding carboxylic acids is 1. The Bertz CT molecular complexity index is 305. The van der Waals surface area contributed by atoms with Gasteiger partial charge in [-0.05, 0) is 12.1 Å². The van der Waals surface area contributed by atoms with Crippen LogP contribution in [0.4, 0.5) is 0 Å². The lowest BCUT2D eigenvalue weighted by Gasteiger charge is -2.27. The molecule has 1 aromatic carbocycles. The van der Waals surface area contributed by atoms with Gasteiger partial charge in [0.25, 0.3) is 5.91 Å². The number of piperazine rings is 1. The summed E-state index contributed by atoms with van der Waals surface area (Å²) in [5.41, 5.74) is 0.786. The standard InChI is InChI=1S/C11H14N2O.CH4/c14-11(10-4-2-1-3-5-10)13-8-6-12-7-9-13;/h1-5,12H,6-9H2;1H4. The van der Waals surface area contributed by atoms with E-state index in [4.69, 9.17) is 0 Å². The van der Waals surface area contributed by atoms with Crippen molar-refractivity contribution in [3.8, 4) is 0 Å². The fourth-order valence-electron chi connectivity index (χ4n) is 1.63. The molecule has 0 atom stereocenters. The first-order valence-electron chi connectivity index (χ1n) is 4.93. The van der Waals surface area contributed by atoms with Gasteiger partial charge in [0.05, 0.1) is 0 Å². The van der Waals surface area contributed by atoms with Crippen molar-refractivity contribution < 1.29 is 4.79 Å². The van der Waals surface area contributed by atoms with Crippen LogP contribution in [0.5, 0.6) is 0 Å². The van der Waals surface area contributed by atoms with E-state index in [1.165, 1.54) is 0 Å². The predicted octanol–water partition coefficient (Wildman–Crippen LogP) is 1.37. The highest BCUT2D eigenvalue weighted by Gasteiger charge is 2.16. The average Bonchev–Trinajstić information content (AvgIpc) is 2.30. The number of amides is 1. The van der Waals surface area contributed by atoms with Crippen molar-refractivity contribution in [2.75, 3.05) is 26.2 Å².